The van der Waals surface area contributed by atoms with Crippen LogP contribution in [0.4, 0.5) is 0 Å². The lowest BCUT2D eigenvalue weighted by Gasteiger charge is -2.25. The molecule has 4 rings (SSSR count). The number of rotatable bonds is 4. The largest absolute Gasteiger partial charge is 0.366 e. The molecule has 3 heteroatoms. The van der Waals surface area contributed by atoms with E-state index in [1.165, 1.54) is 61.8 Å². The van der Waals surface area contributed by atoms with Gasteiger partial charge in [0.25, 0.3) is 5.91 Å². The van der Waals surface area contributed by atoms with E-state index in [1.54, 1.807) is 0 Å². The van der Waals surface area contributed by atoms with Gasteiger partial charge in [-0.3, -0.25) is 4.79 Å². The average molecular weight is 401 g/mol. The maximum atomic E-state index is 12.5. The van der Waals surface area contributed by atoms with E-state index < -0.39 is 0 Å². The normalized spacial score (nSPS) is 15.5. The fourth-order valence-corrected chi connectivity index (χ4v) is 5.21. The van der Waals surface area contributed by atoms with Gasteiger partial charge in [0.2, 0.25) is 0 Å². The quantitative estimate of drug-likeness (QED) is 0.513. The molecule has 0 saturated heterocycles. The summed E-state index contributed by atoms with van der Waals surface area (Å²) in [6, 6.07) is 19.3. The molecule has 3 nitrogen and oxygen atoms in total. The van der Waals surface area contributed by atoms with E-state index in [-0.39, 0.29) is 5.91 Å². The first-order valence-corrected chi connectivity index (χ1v) is 11.2. The Labute approximate surface area is 179 Å². The second-order valence-corrected chi connectivity index (χ2v) is 8.60. The van der Waals surface area contributed by atoms with Gasteiger partial charge in [-0.25, -0.2) is 0 Å². The summed E-state index contributed by atoms with van der Waals surface area (Å²) in [7, 11) is 0. The zero-order chi connectivity index (χ0) is 21.1. The van der Waals surface area contributed by atoms with Crippen molar-refractivity contribution >= 4 is 5.91 Å². The molecule has 0 aliphatic heterocycles. The van der Waals surface area contributed by atoms with Crippen molar-refractivity contribution in [3.63, 3.8) is 0 Å². The Hall–Kier alpha value is -2.81. The van der Waals surface area contributed by atoms with Crippen molar-refractivity contribution in [2.24, 2.45) is 5.73 Å². The van der Waals surface area contributed by atoms with E-state index in [1.807, 2.05) is 6.07 Å². The summed E-state index contributed by atoms with van der Waals surface area (Å²) in [5.74, 6) is -0.331. The van der Waals surface area contributed by atoms with Crippen LogP contribution in [-0.2, 0) is 0 Å². The highest BCUT2D eigenvalue weighted by Crippen LogP contribution is 2.38. The van der Waals surface area contributed by atoms with Crippen molar-refractivity contribution in [2.45, 2.75) is 64.8 Å². The predicted octanol–water partition coefficient (Wildman–Crippen LogP) is 6.82. The van der Waals surface area contributed by atoms with Crippen molar-refractivity contribution in [1.82, 2.24) is 4.57 Å². The number of aromatic nitrogens is 1. The molecular formula is C27H32N2O. The number of amides is 1. The molecule has 0 unspecified atom stereocenters. The second-order valence-electron chi connectivity index (χ2n) is 8.60. The van der Waals surface area contributed by atoms with Crippen LogP contribution in [0.3, 0.4) is 0 Å². The van der Waals surface area contributed by atoms with Crippen molar-refractivity contribution in [3.05, 3.63) is 71.5 Å². The van der Waals surface area contributed by atoms with Crippen LogP contribution >= 0.6 is 0 Å². The summed E-state index contributed by atoms with van der Waals surface area (Å²) in [5, 5.41) is 0. The first kappa shape index (κ1) is 20.5. The van der Waals surface area contributed by atoms with Crippen LogP contribution in [0.15, 0.2) is 54.6 Å². The van der Waals surface area contributed by atoms with Gasteiger partial charge in [0.05, 0.1) is 5.56 Å². The van der Waals surface area contributed by atoms with Gasteiger partial charge in [0.15, 0.2) is 0 Å². The summed E-state index contributed by atoms with van der Waals surface area (Å²) < 4.78 is 2.41. The van der Waals surface area contributed by atoms with Crippen LogP contribution in [-0.4, -0.2) is 10.5 Å². The van der Waals surface area contributed by atoms with Crippen LogP contribution in [0.1, 0.15) is 72.7 Å². The molecule has 2 N–H and O–H groups in total. The Bertz CT molecular complexity index is 1010. The molecule has 1 aromatic heterocycles. The number of nitrogens with zero attached hydrogens (tertiary/aromatic N) is 1. The molecular weight excluding hydrogens is 368 g/mol. The zero-order valence-electron chi connectivity index (χ0n) is 18.2. The number of carbonyl (C=O) groups is 1. The fraction of sp³-hybridized carbons (Fsp3) is 0.370. The van der Waals surface area contributed by atoms with Crippen molar-refractivity contribution in [1.29, 1.82) is 0 Å². The molecule has 1 aliphatic carbocycles. The Morgan fingerprint density at radius 2 is 1.30 bits per heavy atom. The third kappa shape index (κ3) is 3.94. The van der Waals surface area contributed by atoms with Gasteiger partial charge in [0, 0.05) is 23.0 Å². The lowest BCUT2D eigenvalue weighted by Crippen LogP contribution is -2.16. The van der Waals surface area contributed by atoms with Gasteiger partial charge in [-0.2, -0.15) is 0 Å². The van der Waals surface area contributed by atoms with Crippen molar-refractivity contribution < 1.29 is 4.79 Å². The summed E-state index contributed by atoms with van der Waals surface area (Å²) in [5.41, 5.74) is 13.2. The Balaban J connectivity index is 1.76. The molecule has 3 aromatic rings. The van der Waals surface area contributed by atoms with Gasteiger partial charge in [-0.1, -0.05) is 86.7 Å². The van der Waals surface area contributed by atoms with Gasteiger partial charge in [-0.05, 0) is 43.4 Å². The molecule has 0 radical (unpaired) electrons. The van der Waals surface area contributed by atoms with Crippen LogP contribution < -0.4 is 5.73 Å². The fourth-order valence-electron chi connectivity index (χ4n) is 5.21. The first-order valence-electron chi connectivity index (χ1n) is 11.2. The van der Waals surface area contributed by atoms with Gasteiger partial charge in [0.1, 0.15) is 0 Å². The molecule has 156 valence electrons. The van der Waals surface area contributed by atoms with E-state index in [9.17, 15) is 4.79 Å². The topological polar surface area (TPSA) is 48.0 Å². The molecule has 1 saturated carbocycles. The van der Waals surface area contributed by atoms with E-state index in [4.69, 9.17) is 5.73 Å². The number of nitrogens with two attached hydrogens (primary N) is 1. The van der Waals surface area contributed by atoms with Gasteiger partial charge < -0.3 is 10.3 Å². The minimum atomic E-state index is -0.331. The maximum Gasteiger partial charge on any atom is 0.251 e. The molecule has 1 heterocycles. The van der Waals surface area contributed by atoms with Gasteiger partial charge in [-0.15, -0.1) is 0 Å². The highest BCUT2D eigenvalue weighted by Gasteiger charge is 2.26. The van der Waals surface area contributed by atoms with Crippen LogP contribution in [0, 0.1) is 13.8 Å². The van der Waals surface area contributed by atoms with Gasteiger partial charge >= 0.3 is 0 Å². The monoisotopic (exact) mass is 400 g/mol. The summed E-state index contributed by atoms with van der Waals surface area (Å²) >= 11 is 0. The average Bonchev–Trinajstić information content (AvgIpc) is 2.99. The second kappa shape index (κ2) is 8.91. The third-order valence-electron chi connectivity index (χ3n) is 6.66. The van der Waals surface area contributed by atoms with E-state index in [2.05, 4.69) is 66.9 Å². The van der Waals surface area contributed by atoms with E-state index in [0.29, 0.717) is 11.6 Å². The number of hydrogen-bond donors (Lipinski definition) is 1. The molecule has 0 spiro atoms. The smallest absolute Gasteiger partial charge is 0.251 e. The number of benzene rings is 2. The SMILES string of the molecule is Cc1c(C(N)=O)c(-c2ccc(-c3ccccc3)cc2)c(C)n1C1CCCCCCC1. The molecule has 30 heavy (non-hydrogen) atoms. The van der Waals surface area contributed by atoms with Crippen molar-refractivity contribution in [2.75, 3.05) is 0 Å². The zero-order valence-corrected chi connectivity index (χ0v) is 18.2. The molecule has 1 amide bonds. The molecule has 2 aromatic carbocycles. The van der Waals surface area contributed by atoms with E-state index in [0.717, 1.165) is 16.8 Å². The lowest BCUT2D eigenvalue weighted by atomic mass is 9.96. The molecule has 0 atom stereocenters. The molecule has 0 bridgehead atoms. The van der Waals surface area contributed by atoms with Crippen LogP contribution in [0.2, 0.25) is 0 Å². The van der Waals surface area contributed by atoms with E-state index >= 15 is 0 Å². The summed E-state index contributed by atoms with van der Waals surface area (Å²) in [4.78, 5) is 12.5. The highest BCUT2D eigenvalue weighted by molar-refractivity contribution is 6.02. The Morgan fingerprint density at radius 3 is 1.90 bits per heavy atom. The predicted molar refractivity (Wildman–Crippen MR) is 125 cm³/mol. The number of carbonyl (C=O) groups excluding carboxylic acids is 1. The summed E-state index contributed by atoms with van der Waals surface area (Å²) in [6.45, 7) is 4.21. The highest BCUT2D eigenvalue weighted by atomic mass is 16.1. The number of hydrogen-bond acceptors (Lipinski definition) is 1. The summed E-state index contributed by atoms with van der Waals surface area (Å²) in [6.07, 6.45) is 8.85. The molecule has 1 aliphatic rings. The maximum absolute atomic E-state index is 12.5. The Kier molecular flexibility index (Phi) is 6.08. The van der Waals surface area contributed by atoms with Crippen LogP contribution in [0.25, 0.3) is 22.3 Å². The molecule has 1 fully saturated rings. The minimum absolute atomic E-state index is 0.331. The van der Waals surface area contributed by atoms with Crippen molar-refractivity contribution in [3.8, 4) is 22.3 Å². The number of primary amides is 1. The van der Waals surface area contributed by atoms with Crippen LogP contribution in [0.5, 0.6) is 0 Å². The first-order chi connectivity index (χ1) is 14.6. The minimum Gasteiger partial charge on any atom is -0.366 e. The lowest BCUT2D eigenvalue weighted by molar-refractivity contribution is 0.1000. The Morgan fingerprint density at radius 1 is 0.767 bits per heavy atom. The standard InChI is InChI=1S/C27H32N2O/c1-19-25(23-17-15-22(16-18-23)21-11-7-6-8-12-21)26(27(28)30)20(2)29(19)24-13-9-4-3-5-10-14-24/h6-8,11-12,15-18,24H,3-5,9-10,13-14H2,1-2H3,(H2,28,30). The third-order valence-corrected chi connectivity index (χ3v) is 6.66.